The van der Waals surface area contributed by atoms with Crippen molar-refractivity contribution in [2.45, 2.75) is 66.7 Å². The Bertz CT molecular complexity index is 11200. The highest BCUT2D eigenvalue weighted by Crippen LogP contribution is 2.49. The van der Waals surface area contributed by atoms with Crippen molar-refractivity contribution in [3.63, 3.8) is 0 Å². The summed E-state index contributed by atoms with van der Waals surface area (Å²) in [5.74, 6) is 4.35. The van der Waals surface area contributed by atoms with Gasteiger partial charge < -0.3 is 0 Å². The molecule has 680 valence electrons. The Morgan fingerprint density at radius 2 is 0.479 bits per heavy atom. The van der Waals surface area contributed by atoms with Crippen molar-refractivity contribution in [3.05, 3.63) is 434 Å². The Morgan fingerprint density at radius 1 is 0.201 bits per heavy atom. The lowest BCUT2D eigenvalue weighted by Crippen LogP contribution is -2.10. The van der Waals surface area contributed by atoms with Crippen molar-refractivity contribution in [1.29, 1.82) is 0 Å². The van der Waals surface area contributed by atoms with E-state index in [1.807, 2.05) is 0 Å². The quantitative estimate of drug-likeness (QED) is 0.166. The molecule has 0 bridgehead atoms. The first kappa shape index (κ1) is 81.7. The highest BCUT2D eigenvalue weighted by Gasteiger charge is 2.30. The molecule has 0 radical (unpaired) electrons. The molecule has 0 amide bonds. The molecule has 0 aliphatic heterocycles. The maximum Gasteiger partial charge on any atom is 0.220 e. The van der Waals surface area contributed by atoms with E-state index < -0.39 is 0 Å². The first-order chi connectivity index (χ1) is 70.6. The minimum Gasteiger partial charge on any atom is -0.277 e. The van der Waals surface area contributed by atoms with Gasteiger partial charge in [0.15, 0.2) is 0 Å². The zero-order valence-corrected chi connectivity index (χ0v) is 80.6. The summed E-state index contributed by atoms with van der Waals surface area (Å²) in [6.45, 7) is 18.0. The average Bonchev–Trinajstić information content (AvgIpc) is 1.54. The van der Waals surface area contributed by atoms with Crippen LogP contribution in [0.2, 0.25) is 0 Å². The average molecular weight is 1850 g/mol. The highest BCUT2D eigenvalue weighted by atomic mass is 15.2. The van der Waals surface area contributed by atoms with Crippen molar-refractivity contribution >= 4 is 220 Å². The van der Waals surface area contributed by atoms with Gasteiger partial charge in [-0.2, -0.15) is 0 Å². The molecule has 0 atom stereocenters. The van der Waals surface area contributed by atoms with Crippen molar-refractivity contribution in [1.82, 2.24) is 55.1 Å². The number of hydrogen-bond donors (Lipinski definition) is 0. The first-order valence-electron chi connectivity index (χ1n) is 50.0. The Balaban J connectivity index is 0.0000000897. The summed E-state index contributed by atoms with van der Waals surface area (Å²) >= 11 is 0. The number of rotatable bonds is 6. The third kappa shape index (κ3) is 12.0. The molecular weight excluding hydrogens is 1750 g/mol. The van der Waals surface area contributed by atoms with E-state index in [0.29, 0.717) is 5.92 Å². The highest BCUT2D eigenvalue weighted by molar-refractivity contribution is 6.25. The van der Waals surface area contributed by atoms with Crippen LogP contribution in [0.4, 0.5) is 0 Å². The molecule has 12 heterocycles. The minimum absolute atomic E-state index is 0.135. The third-order valence-corrected chi connectivity index (χ3v) is 31.3. The van der Waals surface area contributed by atoms with Crippen LogP contribution in [0.25, 0.3) is 275 Å². The van der Waals surface area contributed by atoms with Gasteiger partial charge in [-0.3, -0.25) is 35.2 Å². The van der Waals surface area contributed by atoms with E-state index in [2.05, 4.69) is 497 Å². The molecule has 0 saturated heterocycles. The Labute approximate surface area is 825 Å². The maximum atomic E-state index is 5.16. The summed E-state index contributed by atoms with van der Waals surface area (Å²) in [5, 5.41) is 20.2. The van der Waals surface area contributed by atoms with E-state index in [-0.39, 0.29) is 5.41 Å². The monoisotopic (exact) mass is 1840 g/mol. The Kier molecular flexibility index (Phi) is 17.2. The molecule has 0 unspecified atom stereocenters. The van der Waals surface area contributed by atoms with Crippen LogP contribution >= 0.6 is 0 Å². The van der Waals surface area contributed by atoms with Crippen LogP contribution in [-0.2, 0) is 5.41 Å². The van der Waals surface area contributed by atoms with Crippen molar-refractivity contribution in [2.24, 2.45) is 0 Å². The van der Waals surface area contributed by atoms with Gasteiger partial charge in [0, 0.05) is 43.1 Å². The molecule has 12 heteroatoms. The van der Waals surface area contributed by atoms with Gasteiger partial charge in [0.1, 0.15) is 0 Å². The summed E-state index contributed by atoms with van der Waals surface area (Å²) in [6, 6.07) is 148. The van der Waals surface area contributed by atoms with E-state index >= 15 is 0 Å². The lowest BCUT2D eigenvalue weighted by molar-refractivity contribution is 0.590. The number of fused-ring (bicyclic) bond motifs is 36. The minimum atomic E-state index is 0.135. The van der Waals surface area contributed by atoms with E-state index in [1.165, 1.54) is 236 Å². The van der Waals surface area contributed by atoms with Crippen LogP contribution in [0.5, 0.6) is 0 Å². The number of aryl methyl sites for hydroxylation is 2. The predicted molar refractivity (Wildman–Crippen MR) is 604 cm³/mol. The molecule has 0 aliphatic rings. The molecule has 33 rings (SSSR count). The van der Waals surface area contributed by atoms with Crippen LogP contribution in [-0.4, -0.2) is 55.1 Å². The Morgan fingerprint density at radius 3 is 0.812 bits per heavy atom. The maximum absolute atomic E-state index is 5.16. The van der Waals surface area contributed by atoms with Crippen LogP contribution < -0.4 is 0 Å². The molecule has 0 fully saturated rings. The molecule has 0 aliphatic carbocycles. The molecule has 0 saturated carbocycles. The Hall–Kier alpha value is -18.3. The fourth-order valence-electron chi connectivity index (χ4n) is 24.0. The summed E-state index contributed by atoms with van der Waals surface area (Å²) in [5.41, 5.74) is 42.5. The molecule has 33 aromatic rings. The van der Waals surface area contributed by atoms with Gasteiger partial charge in [-0.05, 0) is 304 Å². The van der Waals surface area contributed by atoms with Gasteiger partial charge in [-0.15, -0.1) is 0 Å². The lowest BCUT2D eigenvalue weighted by Gasteiger charge is -2.19. The van der Waals surface area contributed by atoms with Gasteiger partial charge in [0.25, 0.3) is 0 Å². The van der Waals surface area contributed by atoms with E-state index in [0.717, 1.165) is 67.2 Å². The molecule has 21 aromatic carbocycles. The van der Waals surface area contributed by atoms with Gasteiger partial charge >= 0.3 is 0 Å². The first-order valence-corrected chi connectivity index (χ1v) is 50.0. The van der Waals surface area contributed by atoms with Crippen molar-refractivity contribution in [3.8, 4) is 55.6 Å². The summed E-state index contributed by atoms with van der Waals surface area (Å²) in [4.78, 5) is 20.4. The number of nitrogens with zero attached hydrogens (tertiary/aromatic N) is 12. The van der Waals surface area contributed by atoms with Gasteiger partial charge in [-0.25, -0.2) is 19.9 Å². The van der Waals surface area contributed by atoms with Crippen LogP contribution in [0.15, 0.2) is 406 Å². The fourth-order valence-corrected chi connectivity index (χ4v) is 24.0. The topological polar surface area (TPSA) is 86.8 Å². The van der Waals surface area contributed by atoms with Gasteiger partial charge in [-0.1, -0.05) is 295 Å². The second-order valence-corrected chi connectivity index (χ2v) is 41.0. The van der Waals surface area contributed by atoms with E-state index in [4.69, 9.17) is 19.9 Å². The SMILES string of the molecule is CC(C)(C)c1ccc(-c2cc3c4cc5ccccc5cc4n4c3c(c2)n2c3ccccc3nc24)cc1.CC(C)c1ccc(-c2cc3c4cc5ccccc5cc4n4c3c(c2)n2c3ccccc3nc24)c(-c2ccccc2)c1.Cc1cc(-c2cc3c4cc5ccccc5cc4n4c3c(c2)n2c3ccccc3nc24)cc(C)c1C.c1ccc(-c2cc3c4cc5ccccc5cc4n4c3c(c2)n2c3ccccc3nc24)cc1. The van der Waals surface area contributed by atoms with Gasteiger partial charge in [0.05, 0.1) is 110 Å². The molecule has 0 N–H and O–H groups in total. The largest absolute Gasteiger partial charge is 0.277 e. The number of imidazole rings is 8. The summed E-state index contributed by atoms with van der Waals surface area (Å²) in [6.07, 6.45) is 0. The molecule has 144 heavy (non-hydrogen) atoms. The number of aromatic nitrogens is 12. The summed E-state index contributed by atoms with van der Waals surface area (Å²) in [7, 11) is 0. The second-order valence-electron chi connectivity index (χ2n) is 41.0. The van der Waals surface area contributed by atoms with Crippen molar-refractivity contribution < 1.29 is 0 Å². The normalized spacial score (nSPS) is 12.5. The zero-order chi connectivity index (χ0) is 95.7. The molecule has 0 spiro atoms. The predicted octanol–water partition coefficient (Wildman–Crippen LogP) is 34.2. The smallest absolute Gasteiger partial charge is 0.220 e. The lowest BCUT2D eigenvalue weighted by atomic mass is 9.86. The van der Waals surface area contributed by atoms with Crippen molar-refractivity contribution in [2.75, 3.05) is 0 Å². The number of hydrogen-bond acceptors (Lipinski definition) is 4. The summed E-state index contributed by atoms with van der Waals surface area (Å²) < 4.78 is 18.8. The van der Waals surface area contributed by atoms with Crippen LogP contribution in [0, 0.1) is 20.8 Å². The van der Waals surface area contributed by atoms with E-state index in [9.17, 15) is 0 Å². The van der Waals surface area contributed by atoms with Crippen LogP contribution in [0.3, 0.4) is 0 Å². The van der Waals surface area contributed by atoms with Gasteiger partial charge in [0.2, 0.25) is 23.1 Å². The molecular formula is C132H92N12. The molecule has 12 aromatic heterocycles. The molecule has 12 nitrogen and oxygen atoms in total. The standard InChI is InChI=1S/C38H27N3.C33H25N3.C32H23N3.C29H17N3/c1-23(2)25-16-17-29(30(18-25)24-10-4-3-5-11-24)28-20-32-31-19-26-12-6-7-13-27(26)21-35(31)41-37(32)36(22-28)40-34-15-9-8-14-33(34)39-38(40)41;1-33(2,3)24-14-12-20(13-15-24)23-17-26-25-16-21-8-4-5-9-22(21)18-29(25)36-31(26)30(19-23)35-28-11-7-6-10-27(28)34-32(35)36;1-18-12-23(13-19(2)20(18)3)24-15-26-25-14-21-8-4-5-9-22(21)16-29(25)35-31(26)30(17-24)34-28-11-7-6-10-27(28)33-32(34)35;1-2-8-18(9-3-1)21-15-23-22-14-19-10-4-5-11-20(19)16-26(22)32-28(23)27(17-21)31-25-13-7-6-12-24(25)30-29(31)32/h3-23H,1-2H3;4-19H,1-3H3;4-17H,1-3H3;1-17H. The third-order valence-electron chi connectivity index (χ3n) is 31.3. The van der Waals surface area contributed by atoms with Crippen LogP contribution in [0.1, 0.15) is 68.4 Å². The number of benzene rings is 21. The zero-order valence-electron chi connectivity index (χ0n) is 80.6. The fraction of sp³-hybridized carbons (Fsp3) is 0.0758. The van der Waals surface area contributed by atoms with E-state index in [1.54, 1.807) is 0 Å². The number of para-hydroxylation sites is 8. The second kappa shape index (κ2) is 30.4.